The highest BCUT2D eigenvalue weighted by atomic mass is 16.6. The number of hydrogen-bond donors (Lipinski definition) is 4. The molecule has 146 valence electrons. The molecule has 1 aliphatic rings. The molecule has 11 heteroatoms. The predicted octanol–water partition coefficient (Wildman–Crippen LogP) is -2.13. The Morgan fingerprint density at radius 3 is 2.50 bits per heavy atom. The third-order valence-electron chi connectivity index (χ3n) is 3.49. The number of aromatic nitrogens is 2. The number of aliphatic hydroxyl groups is 3. The van der Waals surface area contributed by atoms with Gasteiger partial charge in [0.1, 0.15) is 23.9 Å². The van der Waals surface area contributed by atoms with E-state index in [2.05, 4.69) is 0 Å². The molecule has 2 rings (SSSR count). The summed E-state index contributed by atoms with van der Waals surface area (Å²) in [5.41, 5.74) is -2.54. The van der Waals surface area contributed by atoms with Gasteiger partial charge in [0.25, 0.3) is 5.56 Å². The summed E-state index contributed by atoms with van der Waals surface area (Å²) in [6.07, 6.45) is -4.44. The number of ether oxygens (including phenoxy) is 3. The molecule has 2 heterocycles. The number of H-pyrrole nitrogens is 1. The molecule has 1 aliphatic heterocycles. The fraction of sp³-hybridized carbons (Fsp3) is 0.667. The van der Waals surface area contributed by atoms with E-state index in [1.54, 1.807) is 20.8 Å². The van der Waals surface area contributed by atoms with Crippen LogP contribution in [0.4, 0.5) is 0 Å². The molecule has 0 aromatic carbocycles. The Balaban J connectivity index is 2.21. The van der Waals surface area contributed by atoms with E-state index in [9.17, 15) is 24.6 Å². The Morgan fingerprint density at radius 1 is 1.31 bits per heavy atom. The largest absolute Gasteiger partial charge is 0.475 e. The molecule has 4 atom stereocenters. The van der Waals surface area contributed by atoms with Crippen LogP contribution in [0.2, 0.25) is 0 Å². The highest BCUT2D eigenvalue weighted by Crippen LogP contribution is 2.28. The molecule has 1 aromatic rings. The van der Waals surface area contributed by atoms with Crippen LogP contribution in [0, 0.1) is 0 Å². The topological polar surface area (TPSA) is 160 Å². The zero-order chi connectivity index (χ0) is 19.6. The Morgan fingerprint density at radius 2 is 1.96 bits per heavy atom. The van der Waals surface area contributed by atoms with Gasteiger partial charge in [-0.25, -0.2) is 9.59 Å². The molecule has 0 unspecified atom stereocenters. The smallest absolute Gasteiger partial charge is 0.344 e. The molecule has 0 bridgehead atoms. The van der Waals surface area contributed by atoms with Gasteiger partial charge in [-0.3, -0.25) is 14.3 Å². The van der Waals surface area contributed by atoms with Crippen molar-refractivity contribution in [2.24, 2.45) is 0 Å². The monoisotopic (exact) mass is 374 g/mol. The first-order valence-electron chi connectivity index (χ1n) is 7.86. The SMILES string of the molecule is CC(C)(C)OC(=O)COc1cn([C@@H]2O[C@H](CO)[C@@H](O)[C@H]2O)c(=O)[nH]c1=O. The average molecular weight is 374 g/mol. The zero-order valence-corrected chi connectivity index (χ0v) is 14.5. The summed E-state index contributed by atoms with van der Waals surface area (Å²) in [5, 5.41) is 28.9. The molecule has 0 saturated carbocycles. The lowest BCUT2D eigenvalue weighted by molar-refractivity contribution is -0.157. The van der Waals surface area contributed by atoms with Crippen molar-refractivity contribution >= 4 is 5.97 Å². The van der Waals surface area contributed by atoms with Crippen molar-refractivity contribution in [3.8, 4) is 5.75 Å². The predicted molar refractivity (Wildman–Crippen MR) is 85.7 cm³/mol. The molecule has 0 radical (unpaired) electrons. The first-order chi connectivity index (χ1) is 12.0. The number of rotatable bonds is 5. The lowest BCUT2D eigenvalue weighted by Gasteiger charge is -2.20. The fourth-order valence-corrected chi connectivity index (χ4v) is 2.38. The average Bonchev–Trinajstić information content (AvgIpc) is 2.80. The summed E-state index contributed by atoms with van der Waals surface area (Å²) >= 11 is 0. The molecule has 4 N–H and O–H groups in total. The molecular formula is C15H22N2O9. The molecule has 0 spiro atoms. The minimum absolute atomic E-state index is 0.381. The molecule has 1 fully saturated rings. The van der Waals surface area contributed by atoms with Gasteiger partial charge in [-0.1, -0.05) is 0 Å². The Hall–Kier alpha value is -2.21. The summed E-state index contributed by atoms with van der Waals surface area (Å²) in [6.45, 7) is 3.85. The first-order valence-corrected chi connectivity index (χ1v) is 7.86. The van der Waals surface area contributed by atoms with Gasteiger partial charge < -0.3 is 29.5 Å². The summed E-state index contributed by atoms with van der Waals surface area (Å²) in [5.74, 6) is -1.10. The zero-order valence-electron chi connectivity index (χ0n) is 14.5. The van der Waals surface area contributed by atoms with E-state index >= 15 is 0 Å². The molecule has 26 heavy (non-hydrogen) atoms. The van der Waals surface area contributed by atoms with Crippen LogP contribution < -0.4 is 16.0 Å². The number of carbonyl (C=O) groups excluding carboxylic acids is 1. The van der Waals surface area contributed by atoms with Crippen molar-refractivity contribution in [1.82, 2.24) is 9.55 Å². The third kappa shape index (κ3) is 4.49. The molecule has 0 aliphatic carbocycles. The van der Waals surface area contributed by atoms with E-state index in [0.717, 1.165) is 10.8 Å². The van der Waals surface area contributed by atoms with Crippen LogP contribution in [0.5, 0.6) is 5.75 Å². The van der Waals surface area contributed by atoms with Crippen molar-refractivity contribution in [2.75, 3.05) is 13.2 Å². The van der Waals surface area contributed by atoms with Crippen molar-refractivity contribution in [3.05, 3.63) is 27.0 Å². The van der Waals surface area contributed by atoms with E-state index in [4.69, 9.17) is 19.3 Å². The first kappa shape index (κ1) is 20.1. The van der Waals surface area contributed by atoms with Crippen LogP contribution in [0.25, 0.3) is 0 Å². The van der Waals surface area contributed by atoms with Crippen LogP contribution in [-0.2, 0) is 14.3 Å². The Bertz CT molecular complexity index is 764. The van der Waals surface area contributed by atoms with Crippen LogP contribution in [0.15, 0.2) is 15.8 Å². The number of hydrogen-bond acceptors (Lipinski definition) is 9. The second-order valence-corrected chi connectivity index (χ2v) is 6.76. The van der Waals surface area contributed by atoms with E-state index in [-0.39, 0.29) is 5.75 Å². The Kier molecular flexibility index (Phi) is 5.86. The van der Waals surface area contributed by atoms with E-state index in [1.165, 1.54) is 0 Å². The lowest BCUT2D eigenvalue weighted by Crippen LogP contribution is -2.38. The van der Waals surface area contributed by atoms with E-state index in [0.29, 0.717) is 0 Å². The van der Waals surface area contributed by atoms with Gasteiger partial charge in [-0.15, -0.1) is 0 Å². The lowest BCUT2D eigenvalue weighted by atomic mass is 10.1. The summed E-state index contributed by atoms with van der Waals surface area (Å²) in [6, 6.07) is 0. The summed E-state index contributed by atoms with van der Waals surface area (Å²) < 4.78 is 16.2. The van der Waals surface area contributed by atoms with Crippen LogP contribution in [-0.4, -0.2) is 68.0 Å². The maximum atomic E-state index is 12.0. The molecule has 1 aromatic heterocycles. The molecular weight excluding hydrogens is 352 g/mol. The molecule has 11 nitrogen and oxygen atoms in total. The van der Waals surface area contributed by atoms with Gasteiger partial charge in [0.15, 0.2) is 12.8 Å². The van der Waals surface area contributed by atoms with Crippen molar-refractivity contribution in [3.63, 3.8) is 0 Å². The summed E-state index contributed by atoms with van der Waals surface area (Å²) in [4.78, 5) is 37.4. The van der Waals surface area contributed by atoms with Crippen molar-refractivity contribution in [1.29, 1.82) is 0 Å². The second-order valence-electron chi connectivity index (χ2n) is 6.76. The van der Waals surface area contributed by atoms with Gasteiger partial charge in [0, 0.05) is 0 Å². The number of nitrogens with one attached hydrogen (secondary N) is 1. The maximum absolute atomic E-state index is 12.0. The van der Waals surface area contributed by atoms with Crippen molar-refractivity contribution in [2.45, 2.75) is 50.9 Å². The minimum Gasteiger partial charge on any atom is -0.475 e. The molecule has 0 amide bonds. The maximum Gasteiger partial charge on any atom is 0.344 e. The minimum atomic E-state index is -1.52. The molecule has 1 saturated heterocycles. The van der Waals surface area contributed by atoms with Crippen LogP contribution in [0.1, 0.15) is 27.0 Å². The van der Waals surface area contributed by atoms with Gasteiger partial charge in [0.05, 0.1) is 12.8 Å². The van der Waals surface area contributed by atoms with Gasteiger partial charge in [0.2, 0.25) is 5.75 Å². The fourth-order valence-electron chi connectivity index (χ4n) is 2.38. The third-order valence-corrected chi connectivity index (χ3v) is 3.49. The van der Waals surface area contributed by atoms with Gasteiger partial charge in [-0.05, 0) is 20.8 Å². The standard InChI is InChI=1S/C15H22N2O9/c1-15(2,3)26-9(19)6-24-7-4-17(14(23)16-12(7)22)13-11(21)10(20)8(5-18)25-13/h4,8,10-11,13,18,20-21H,5-6H2,1-3H3,(H,16,22,23)/t8-,10-,11-,13-/m1/s1. The number of nitrogens with zero attached hydrogens (tertiary/aromatic N) is 1. The second kappa shape index (κ2) is 7.58. The van der Waals surface area contributed by atoms with Gasteiger partial charge in [-0.2, -0.15) is 0 Å². The Labute approximate surface area is 147 Å². The van der Waals surface area contributed by atoms with Crippen LogP contribution in [0.3, 0.4) is 0 Å². The summed E-state index contributed by atoms with van der Waals surface area (Å²) in [7, 11) is 0. The number of carbonyl (C=O) groups is 1. The number of aliphatic hydroxyl groups excluding tert-OH is 3. The highest BCUT2D eigenvalue weighted by Gasteiger charge is 2.44. The van der Waals surface area contributed by atoms with Crippen molar-refractivity contribution < 1.29 is 34.3 Å². The number of aromatic amines is 1. The normalized spacial score (nSPS) is 25.9. The van der Waals surface area contributed by atoms with E-state index < -0.39 is 60.6 Å². The van der Waals surface area contributed by atoms with Gasteiger partial charge >= 0.3 is 11.7 Å². The highest BCUT2D eigenvalue weighted by molar-refractivity contribution is 5.71. The quantitative estimate of drug-likeness (QED) is 0.422. The van der Waals surface area contributed by atoms with E-state index in [1.807, 2.05) is 4.98 Å². The number of esters is 1. The van der Waals surface area contributed by atoms with Crippen LogP contribution >= 0.6 is 0 Å².